The molecule has 0 bridgehead atoms. The number of aliphatic hydroxyl groups excluding tert-OH is 3. The molecular formula is C41H48O11. The molecule has 2 aromatic rings. The summed E-state index contributed by atoms with van der Waals surface area (Å²) in [6, 6.07) is 4.16. The largest absolute Gasteiger partial charge is 0.506 e. The molecule has 3 heterocycles. The molecule has 2 saturated heterocycles. The number of benzene rings is 2. The molecule has 0 aromatic heterocycles. The predicted molar refractivity (Wildman–Crippen MR) is 187 cm³/mol. The molecule has 3 aliphatic heterocycles. The van der Waals surface area contributed by atoms with E-state index in [0.29, 0.717) is 41.0 Å². The van der Waals surface area contributed by atoms with Crippen molar-refractivity contribution in [1.29, 1.82) is 0 Å². The van der Waals surface area contributed by atoms with Crippen molar-refractivity contribution < 1.29 is 54.1 Å². The number of aromatic carboxylic acids is 1. The van der Waals surface area contributed by atoms with Gasteiger partial charge in [0.05, 0.1) is 36.3 Å². The number of carbonyl (C=O) groups excluding carboxylic acids is 1. The van der Waals surface area contributed by atoms with Crippen LogP contribution in [0, 0.1) is 41.9 Å². The van der Waals surface area contributed by atoms with Crippen LogP contribution in [0.5, 0.6) is 11.5 Å². The van der Waals surface area contributed by atoms with E-state index in [9.17, 15) is 35.1 Å². The quantitative estimate of drug-likeness (QED) is 0.268. The summed E-state index contributed by atoms with van der Waals surface area (Å²) in [6.45, 7) is 4.15. The van der Waals surface area contributed by atoms with E-state index < -0.39 is 48.6 Å². The van der Waals surface area contributed by atoms with E-state index in [1.807, 2.05) is 0 Å². The van der Waals surface area contributed by atoms with Gasteiger partial charge in [-0.3, -0.25) is 4.79 Å². The topological polar surface area (TPSA) is 172 Å². The average Bonchev–Trinajstić information content (AvgIpc) is 3.71. The van der Waals surface area contributed by atoms with Gasteiger partial charge in [0, 0.05) is 12.5 Å². The molecule has 0 radical (unpaired) electrons. The Labute approximate surface area is 302 Å². The maximum Gasteiger partial charge on any atom is 0.335 e. The van der Waals surface area contributed by atoms with Crippen molar-refractivity contribution in [3.05, 3.63) is 57.7 Å². The fourth-order valence-electron chi connectivity index (χ4n) is 12.1. The number of hydrogen-bond acceptors (Lipinski definition) is 10. The highest BCUT2D eigenvalue weighted by Crippen LogP contribution is 2.66. The van der Waals surface area contributed by atoms with Crippen LogP contribution < -0.4 is 4.74 Å². The molecular weight excluding hydrogens is 668 g/mol. The summed E-state index contributed by atoms with van der Waals surface area (Å²) in [4.78, 5) is 24.6. The zero-order valence-corrected chi connectivity index (χ0v) is 29.7. The molecule has 5 N–H and O–H groups in total. The highest BCUT2D eigenvalue weighted by atomic mass is 16.7. The van der Waals surface area contributed by atoms with Crippen LogP contribution in [0.2, 0.25) is 0 Å². The zero-order valence-electron chi connectivity index (χ0n) is 29.7. The molecule has 7 aliphatic rings. The Bertz CT molecular complexity index is 1900. The van der Waals surface area contributed by atoms with E-state index in [1.165, 1.54) is 67.9 Å². The number of Topliss-reactive ketones (excluding diaryl/α,β-unsaturated/α-hetero) is 1. The number of carbonyl (C=O) groups is 2. The predicted octanol–water partition coefficient (Wildman–Crippen LogP) is 4.84. The number of aryl methyl sites for hydroxylation is 1. The first-order chi connectivity index (χ1) is 24.9. The molecule has 278 valence electrons. The number of rotatable bonds is 5. The maximum absolute atomic E-state index is 12.5. The molecule has 4 aliphatic carbocycles. The Balaban J connectivity index is 1.08. The van der Waals surface area contributed by atoms with Crippen LogP contribution >= 0.6 is 0 Å². The smallest absolute Gasteiger partial charge is 0.335 e. The Kier molecular flexibility index (Phi) is 8.19. The minimum absolute atomic E-state index is 0.0456. The van der Waals surface area contributed by atoms with E-state index in [0.717, 1.165) is 26.1 Å². The van der Waals surface area contributed by atoms with Crippen LogP contribution in [-0.2, 0) is 14.2 Å². The molecule has 52 heavy (non-hydrogen) atoms. The number of ether oxygens (including phenoxy) is 4. The van der Waals surface area contributed by atoms with Gasteiger partial charge in [-0.25, -0.2) is 4.79 Å². The van der Waals surface area contributed by atoms with E-state index >= 15 is 0 Å². The summed E-state index contributed by atoms with van der Waals surface area (Å²) < 4.78 is 25.6. The fraction of sp³-hybridized carbons (Fsp3) is 0.610. The molecule has 9 rings (SSSR count). The minimum atomic E-state index is -1.67. The SMILES string of the molecule is CC(=O)c1c(C)cc2cc(C(=O)O)cc(OC3OC(CO)C4(CC5C6=C(CC=C6C6COCC7CC8(CCCC8)CC5C76)CO4)C(O)C3O)c2c1O. The standard InChI is InChI=1S/C41H48O11/c1-19-9-22-10-23(38(47)48)11-29(34(22)35(44)31(19)20(2)43)51-39-36(45)37(46)41(30(15-42)52-39)14-27-26-13-40(7-3-4-8-40)12-24-16-49-18-28(33(24)26)25-6-5-21(17-50-41)32(25)27/h6,9-11,24,26-28,30,33,36-37,39,42,44-46H,3-5,7-8,12-18H2,1-2H3,(H,47,48). The Hall–Kier alpha value is -3.32. The van der Waals surface area contributed by atoms with Crippen molar-refractivity contribution in [3.8, 4) is 11.5 Å². The highest BCUT2D eigenvalue weighted by molar-refractivity contribution is 6.08. The second-order valence-corrected chi connectivity index (χ2v) is 16.8. The summed E-state index contributed by atoms with van der Waals surface area (Å²) in [7, 11) is 0. The molecule has 2 aromatic carbocycles. The van der Waals surface area contributed by atoms with Gasteiger partial charge in [0.1, 0.15) is 35.4 Å². The van der Waals surface area contributed by atoms with Crippen molar-refractivity contribution in [1.82, 2.24) is 0 Å². The number of aliphatic hydroxyl groups is 3. The van der Waals surface area contributed by atoms with Crippen molar-refractivity contribution in [2.45, 2.75) is 95.4 Å². The molecule has 11 nitrogen and oxygen atoms in total. The molecule has 5 fully saturated rings. The van der Waals surface area contributed by atoms with Gasteiger partial charge in [0.15, 0.2) is 5.78 Å². The second kappa shape index (κ2) is 12.4. The normalized spacial score (nSPS) is 37.5. The van der Waals surface area contributed by atoms with Gasteiger partial charge in [0.25, 0.3) is 0 Å². The number of carboxylic acids is 1. The number of hydrogen-bond donors (Lipinski definition) is 5. The van der Waals surface area contributed by atoms with E-state index in [2.05, 4.69) is 6.08 Å². The summed E-state index contributed by atoms with van der Waals surface area (Å²) in [6.07, 6.45) is 4.84. The number of allylic oxidation sites excluding steroid dienone is 2. The van der Waals surface area contributed by atoms with E-state index in [4.69, 9.17) is 18.9 Å². The molecule has 2 spiro atoms. The van der Waals surface area contributed by atoms with Crippen LogP contribution in [-0.4, -0.2) is 93.9 Å². The van der Waals surface area contributed by atoms with Crippen molar-refractivity contribution in [2.24, 2.45) is 35.0 Å². The lowest BCUT2D eigenvalue weighted by atomic mass is 9.48. The number of carboxylic acid groups (broad SMARTS) is 1. The lowest BCUT2D eigenvalue weighted by molar-refractivity contribution is -0.326. The van der Waals surface area contributed by atoms with Crippen LogP contribution in [0.4, 0.5) is 0 Å². The Morgan fingerprint density at radius 3 is 2.56 bits per heavy atom. The molecule has 11 heteroatoms. The van der Waals surface area contributed by atoms with Gasteiger partial charge in [-0.2, -0.15) is 0 Å². The third kappa shape index (κ3) is 4.99. The summed E-state index contributed by atoms with van der Waals surface area (Å²) in [5.41, 5.74) is 3.05. The van der Waals surface area contributed by atoms with Gasteiger partial charge >= 0.3 is 5.97 Å². The van der Waals surface area contributed by atoms with Crippen LogP contribution in [0.3, 0.4) is 0 Å². The first kappa shape index (κ1) is 34.4. The van der Waals surface area contributed by atoms with Crippen LogP contribution in [0.15, 0.2) is 41.0 Å². The Morgan fingerprint density at radius 2 is 1.83 bits per heavy atom. The summed E-state index contributed by atoms with van der Waals surface area (Å²) >= 11 is 0. The number of phenols is 1. The van der Waals surface area contributed by atoms with Crippen molar-refractivity contribution in [3.63, 3.8) is 0 Å². The first-order valence-corrected chi connectivity index (χ1v) is 18.9. The monoisotopic (exact) mass is 716 g/mol. The fourth-order valence-corrected chi connectivity index (χ4v) is 12.1. The van der Waals surface area contributed by atoms with Crippen LogP contribution in [0.1, 0.15) is 84.6 Å². The van der Waals surface area contributed by atoms with Crippen molar-refractivity contribution in [2.75, 3.05) is 26.4 Å². The average molecular weight is 717 g/mol. The third-order valence-electron chi connectivity index (χ3n) is 14.1. The zero-order chi connectivity index (χ0) is 36.3. The van der Waals surface area contributed by atoms with Crippen LogP contribution in [0.25, 0.3) is 10.8 Å². The van der Waals surface area contributed by atoms with Gasteiger partial charge in [-0.15, -0.1) is 0 Å². The van der Waals surface area contributed by atoms with Gasteiger partial charge in [0.2, 0.25) is 6.29 Å². The lowest BCUT2D eigenvalue weighted by Crippen LogP contribution is -2.69. The summed E-state index contributed by atoms with van der Waals surface area (Å²) in [5, 5.41) is 56.6. The number of aromatic hydroxyl groups is 1. The molecule has 10 atom stereocenters. The lowest BCUT2D eigenvalue weighted by Gasteiger charge is -2.59. The van der Waals surface area contributed by atoms with Gasteiger partial charge in [-0.1, -0.05) is 25.0 Å². The summed E-state index contributed by atoms with van der Waals surface area (Å²) in [5.74, 6) is -0.531. The van der Waals surface area contributed by atoms with E-state index in [1.54, 1.807) is 13.0 Å². The van der Waals surface area contributed by atoms with E-state index in [-0.39, 0.29) is 46.0 Å². The molecule has 0 amide bonds. The second-order valence-electron chi connectivity index (χ2n) is 16.8. The minimum Gasteiger partial charge on any atom is -0.506 e. The first-order valence-electron chi connectivity index (χ1n) is 18.9. The number of phenolic OH excluding ortho intramolecular Hbond substituents is 1. The van der Waals surface area contributed by atoms with Gasteiger partial charge < -0.3 is 44.5 Å². The maximum atomic E-state index is 12.5. The highest BCUT2D eigenvalue weighted by Gasteiger charge is 2.64. The number of fused-ring (bicyclic) bond motifs is 3. The molecule has 10 unspecified atom stereocenters. The Morgan fingerprint density at radius 1 is 1.04 bits per heavy atom. The third-order valence-corrected chi connectivity index (χ3v) is 14.1. The van der Waals surface area contributed by atoms with Crippen molar-refractivity contribution >= 4 is 22.5 Å². The number of ketones is 1. The molecule has 3 saturated carbocycles. The van der Waals surface area contributed by atoms with Gasteiger partial charge in [-0.05, 0) is 121 Å².